The Morgan fingerprint density at radius 2 is 2.00 bits per heavy atom. The highest BCUT2D eigenvalue weighted by Gasteiger charge is 2.40. The Hall–Kier alpha value is -1.95. The van der Waals surface area contributed by atoms with Crippen molar-refractivity contribution < 1.29 is 4.52 Å². The summed E-state index contributed by atoms with van der Waals surface area (Å²) in [4.78, 5) is 13.5. The number of aromatic nitrogens is 3. The van der Waals surface area contributed by atoms with Crippen LogP contribution in [0.5, 0.6) is 0 Å². The summed E-state index contributed by atoms with van der Waals surface area (Å²) >= 11 is 0. The van der Waals surface area contributed by atoms with Crippen molar-refractivity contribution >= 4 is 5.82 Å². The zero-order chi connectivity index (χ0) is 14.2. The molecule has 2 aromatic heterocycles. The number of anilines is 1. The summed E-state index contributed by atoms with van der Waals surface area (Å²) in [6, 6.07) is 4.03. The molecule has 0 aromatic carbocycles. The minimum atomic E-state index is 0.729. The Morgan fingerprint density at radius 1 is 1.19 bits per heavy atom. The van der Waals surface area contributed by atoms with E-state index in [1.807, 2.05) is 13.0 Å². The molecule has 0 spiro atoms. The number of rotatable bonds is 3. The lowest BCUT2D eigenvalue weighted by Gasteiger charge is -2.21. The molecule has 21 heavy (non-hydrogen) atoms. The topological polar surface area (TPSA) is 58.3 Å². The second-order valence-electron chi connectivity index (χ2n) is 6.13. The molecule has 2 saturated heterocycles. The van der Waals surface area contributed by atoms with Crippen LogP contribution in [0.3, 0.4) is 0 Å². The summed E-state index contributed by atoms with van der Waals surface area (Å²) in [5, 5.41) is 4.00. The van der Waals surface area contributed by atoms with Gasteiger partial charge in [0.25, 0.3) is 0 Å². The molecule has 2 aliphatic rings. The van der Waals surface area contributed by atoms with E-state index < -0.39 is 0 Å². The number of likely N-dealkylation sites (tertiary alicyclic amines) is 1. The van der Waals surface area contributed by atoms with Gasteiger partial charge in [0, 0.05) is 50.6 Å². The molecule has 6 nitrogen and oxygen atoms in total. The summed E-state index contributed by atoms with van der Waals surface area (Å²) in [5.74, 6) is 2.53. The van der Waals surface area contributed by atoms with Crippen LogP contribution in [-0.2, 0) is 6.54 Å². The quantitative estimate of drug-likeness (QED) is 0.848. The maximum atomic E-state index is 4.91. The molecule has 2 fully saturated rings. The summed E-state index contributed by atoms with van der Waals surface area (Å²) in [5.41, 5.74) is 2.06. The zero-order valence-electron chi connectivity index (χ0n) is 12.1. The van der Waals surface area contributed by atoms with Crippen molar-refractivity contribution in [2.24, 2.45) is 11.8 Å². The molecule has 0 N–H and O–H groups in total. The van der Waals surface area contributed by atoms with Crippen LogP contribution in [0.1, 0.15) is 11.4 Å². The fraction of sp³-hybridized carbons (Fsp3) is 0.533. The van der Waals surface area contributed by atoms with Crippen LogP contribution < -0.4 is 4.90 Å². The fourth-order valence-corrected chi connectivity index (χ4v) is 3.57. The molecule has 0 bridgehead atoms. The SMILES string of the molecule is Cc1cc(N2CC3CN(Cc4ccon4)CC3C2)ncn1. The van der Waals surface area contributed by atoms with Crippen molar-refractivity contribution in [1.29, 1.82) is 0 Å². The van der Waals surface area contributed by atoms with E-state index in [1.165, 1.54) is 0 Å². The lowest BCUT2D eigenvalue weighted by Crippen LogP contribution is -2.29. The van der Waals surface area contributed by atoms with Gasteiger partial charge in [0.05, 0.1) is 5.69 Å². The van der Waals surface area contributed by atoms with E-state index >= 15 is 0 Å². The monoisotopic (exact) mass is 285 g/mol. The highest BCUT2D eigenvalue weighted by molar-refractivity contribution is 5.40. The van der Waals surface area contributed by atoms with Gasteiger partial charge in [0.2, 0.25) is 0 Å². The van der Waals surface area contributed by atoms with Crippen molar-refractivity contribution in [3.8, 4) is 0 Å². The molecule has 0 aliphatic carbocycles. The second-order valence-corrected chi connectivity index (χ2v) is 6.13. The van der Waals surface area contributed by atoms with Gasteiger partial charge in [-0.2, -0.15) is 0 Å². The smallest absolute Gasteiger partial charge is 0.132 e. The standard InChI is InChI=1S/C15H19N5O/c1-11-4-15(17-10-16-11)20-7-12-5-19(6-13(12)8-20)9-14-2-3-21-18-14/h2-4,10,12-13H,5-9H2,1H3. The number of fused-ring (bicyclic) bond motifs is 1. The van der Waals surface area contributed by atoms with Crippen LogP contribution in [0.4, 0.5) is 5.82 Å². The summed E-state index contributed by atoms with van der Waals surface area (Å²) < 4.78 is 4.91. The zero-order valence-corrected chi connectivity index (χ0v) is 12.1. The number of aryl methyl sites for hydroxylation is 1. The Bertz CT molecular complexity index is 600. The van der Waals surface area contributed by atoms with Crippen molar-refractivity contribution in [3.63, 3.8) is 0 Å². The van der Waals surface area contributed by atoms with Gasteiger partial charge in [-0.1, -0.05) is 5.16 Å². The number of hydrogen-bond donors (Lipinski definition) is 0. The predicted octanol–water partition coefficient (Wildman–Crippen LogP) is 1.34. The third-order valence-corrected chi connectivity index (χ3v) is 4.55. The van der Waals surface area contributed by atoms with Crippen LogP contribution in [-0.4, -0.2) is 46.2 Å². The largest absolute Gasteiger partial charge is 0.364 e. The molecule has 2 atom stereocenters. The third-order valence-electron chi connectivity index (χ3n) is 4.55. The molecular formula is C15H19N5O. The van der Waals surface area contributed by atoms with E-state index in [-0.39, 0.29) is 0 Å². The maximum absolute atomic E-state index is 4.91. The fourth-order valence-electron chi connectivity index (χ4n) is 3.57. The summed E-state index contributed by atoms with van der Waals surface area (Å²) in [7, 11) is 0. The van der Waals surface area contributed by atoms with Gasteiger partial charge in [-0.15, -0.1) is 0 Å². The molecule has 110 valence electrons. The Morgan fingerprint density at radius 3 is 2.67 bits per heavy atom. The first-order valence-electron chi connectivity index (χ1n) is 7.43. The highest BCUT2D eigenvalue weighted by Crippen LogP contribution is 2.33. The molecular weight excluding hydrogens is 266 g/mol. The van der Waals surface area contributed by atoms with Crippen molar-refractivity contribution in [2.75, 3.05) is 31.1 Å². The average molecular weight is 285 g/mol. The first-order valence-corrected chi connectivity index (χ1v) is 7.43. The van der Waals surface area contributed by atoms with Crippen LogP contribution in [0.2, 0.25) is 0 Å². The molecule has 4 rings (SSSR count). The summed E-state index contributed by atoms with van der Waals surface area (Å²) in [6.45, 7) is 7.38. The minimum Gasteiger partial charge on any atom is -0.364 e. The lowest BCUT2D eigenvalue weighted by molar-refractivity contribution is 0.295. The van der Waals surface area contributed by atoms with E-state index in [9.17, 15) is 0 Å². The predicted molar refractivity (Wildman–Crippen MR) is 77.7 cm³/mol. The molecule has 2 aromatic rings. The van der Waals surface area contributed by atoms with E-state index in [0.29, 0.717) is 0 Å². The lowest BCUT2D eigenvalue weighted by atomic mass is 10.0. The highest BCUT2D eigenvalue weighted by atomic mass is 16.5. The van der Waals surface area contributed by atoms with E-state index in [4.69, 9.17) is 4.52 Å². The maximum Gasteiger partial charge on any atom is 0.132 e. The van der Waals surface area contributed by atoms with E-state index in [1.54, 1.807) is 12.6 Å². The molecule has 0 amide bonds. The van der Waals surface area contributed by atoms with Gasteiger partial charge in [-0.05, 0) is 18.8 Å². The van der Waals surface area contributed by atoms with Crippen molar-refractivity contribution in [1.82, 2.24) is 20.0 Å². The Labute approximate surface area is 123 Å². The van der Waals surface area contributed by atoms with Crippen LogP contribution in [0, 0.1) is 18.8 Å². The first-order chi connectivity index (χ1) is 10.3. The molecule has 4 heterocycles. The van der Waals surface area contributed by atoms with Crippen LogP contribution >= 0.6 is 0 Å². The van der Waals surface area contributed by atoms with Gasteiger partial charge in [0.15, 0.2) is 0 Å². The van der Waals surface area contributed by atoms with Gasteiger partial charge >= 0.3 is 0 Å². The van der Waals surface area contributed by atoms with E-state index in [0.717, 1.165) is 61.8 Å². The third kappa shape index (κ3) is 2.51. The van der Waals surface area contributed by atoms with Gasteiger partial charge in [0.1, 0.15) is 18.4 Å². The molecule has 2 unspecified atom stereocenters. The Balaban J connectivity index is 1.39. The number of hydrogen-bond acceptors (Lipinski definition) is 6. The normalized spacial score (nSPS) is 25.5. The van der Waals surface area contributed by atoms with Gasteiger partial charge < -0.3 is 9.42 Å². The minimum absolute atomic E-state index is 0.729. The molecule has 0 radical (unpaired) electrons. The first kappa shape index (κ1) is 12.8. The van der Waals surface area contributed by atoms with Crippen molar-refractivity contribution in [3.05, 3.63) is 36.1 Å². The van der Waals surface area contributed by atoms with Crippen LogP contribution in [0.25, 0.3) is 0 Å². The number of nitrogens with zero attached hydrogens (tertiary/aromatic N) is 5. The van der Waals surface area contributed by atoms with Gasteiger partial charge in [-0.25, -0.2) is 9.97 Å². The van der Waals surface area contributed by atoms with Crippen LogP contribution in [0.15, 0.2) is 29.2 Å². The molecule has 6 heteroatoms. The van der Waals surface area contributed by atoms with Crippen molar-refractivity contribution in [2.45, 2.75) is 13.5 Å². The second kappa shape index (κ2) is 5.11. The molecule has 0 saturated carbocycles. The summed E-state index contributed by atoms with van der Waals surface area (Å²) in [6.07, 6.45) is 3.31. The molecule has 2 aliphatic heterocycles. The van der Waals surface area contributed by atoms with Gasteiger partial charge in [-0.3, -0.25) is 4.90 Å². The van der Waals surface area contributed by atoms with E-state index in [2.05, 4.69) is 31.0 Å². The average Bonchev–Trinajstić information content (AvgIpc) is 3.14. The Kier molecular flexibility index (Phi) is 3.11.